The molecule has 1 N–H and O–H groups in total. The lowest BCUT2D eigenvalue weighted by Gasteiger charge is -2.18. The number of anilines is 1. The largest absolute Gasteiger partial charge is 0.455 e. The zero-order chi connectivity index (χ0) is 15.7. The van der Waals surface area contributed by atoms with E-state index in [1.54, 1.807) is 20.8 Å². The molecule has 5 nitrogen and oxygen atoms in total. The Hall–Kier alpha value is -1.64. The van der Waals surface area contributed by atoms with Crippen LogP contribution in [-0.2, 0) is 4.74 Å². The lowest BCUT2D eigenvalue weighted by atomic mass is 10.2. The van der Waals surface area contributed by atoms with Gasteiger partial charge in [-0.15, -0.1) is 0 Å². The molecule has 0 spiro atoms. The summed E-state index contributed by atoms with van der Waals surface area (Å²) < 4.78 is 41.9. The van der Waals surface area contributed by atoms with Crippen LogP contribution in [0, 0.1) is 6.92 Å². The lowest BCUT2D eigenvalue weighted by molar-refractivity contribution is -0.0883. The molecule has 0 saturated heterocycles. The van der Waals surface area contributed by atoms with E-state index in [4.69, 9.17) is 4.74 Å². The molecule has 0 aromatic carbocycles. The lowest BCUT2D eigenvalue weighted by Crippen LogP contribution is -2.27. The third-order valence-corrected chi connectivity index (χ3v) is 2.94. The summed E-state index contributed by atoms with van der Waals surface area (Å²) in [7, 11) is 0. The first-order chi connectivity index (χ1) is 8.90. The normalized spacial score (nSPS) is 12.2. The molecule has 0 fully saturated rings. The van der Waals surface area contributed by atoms with Gasteiger partial charge in [0.25, 0.3) is 5.78 Å². The van der Waals surface area contributed by atoms with Gasteiger partial charge < -0.3 is 4.74 Å². The number of ether oxygens (including phenoxy) is 1. The Morgan fingerprint density at radius 2 is 1.80 bits per heavy atom. The molecular formula is C11H13F3N2O3S. The van der Waals surface area contributed by atoms with Gasteiger partial charge >= 0.3 is 12.3 Å². The summed E-state index contributed by atoms with van der Waals surface area (Å²) in [6.45, 7) is 6.17. The van der Waals surface area contributed by atoms with Crippen molar-refractivity contribution in [3.63, 3.8) is 0 Å². The summed E-state index contributed by atoms with van der Waals surface area (Å²) in [6, 6.07) is 0. The van der Waals surface area contributed by atoms with Crippen molar-refractivity contribution in [1.29, 1.82) is 0 Å². The molecule has 20 heavy (non-hydrogen) atoms. The van der Waals surface area contributed by atoms with Crippen LogP contribution in [0.5, 0.6) is 0 Å². The van der Waals surface area contributed by atoms with Gasteiger partial charge in [0.15, 0.2) is 5.13 Å². The van der Waals surface area contributed by atoms with Crippen molar-refractivity contribution in [2.24, 2.45) is 0 Å². The van der Waals surface area contributed by atoms with Gasteiger partial charge in [0.05, 0.1) is 5.69 Å². The Balaban J connectivity index is 2.86. The Bertz CT molecular complexity index is 532. The number of aryl methyl sites for hydroxylation is 1. The van der Waals surface area contributed by atoms with Crippen LogP contribution < -0.4 is 5.32 Å². The van der Waals surface area contributed by atoms with Gasteiger partial charge in [-0.25, -0.2) is 9.78 Å². The number of Topliss-reactive ketones (excluding diaryl/α,β-unsaturated/α-hetero) is 1. The van der Waals surface area contributed by atoms with Crippen LogP contribution in [0.4, 0.5) is 23.1 Å². The molecule has 1 aromatic heterocycles. The molecule has 112 valence electrons. The van der Waals surface area contributed by atoms with E-state index in [2.05, 4.69) is 10.3 Å². The standard InChI is InChI=1S/C11H13F3N2O3S/c1-5-6(7(17)11(12,13)14)20-8(15-5)16-9(18)19-10(2,3)4/h1-4H3,(H,15,16,18). The minimum absolute atomic E-state index is 0.0941. The number of amides is 1. The SMILES string of the molecule is Cc1nc(NC(=O)OC(C)(C)C)sc1C(=O)C(F)(F)F. The second-order valence-electron chi connectivity index (χ2n) is 4.89. The Morgan fingerprint density at radius 3 is 2.25 bits per heavy atom. The monoisotopic (exact) mass is 310 g/mol. The fraction of sp³-hybridized carbons (Fsp3) is 0.545. The number of hydrogen-bond acceptors (Lipinski definition) is 5. The van der Waals surface area contributed by atoms with Crippen LogP contribution in [0.25, 0.3) is 0 Å². The molecule has 0 unspecified atom stereocenters. The van der Waals surface area contributed by atoms with Gasteiger partial charge in [0, 0.05) is 0 Å². The number of carbonyl (C=O) groups is 2. The van der Waals surface area contributed by atoms with E-state index in [0.29, 0.717) is 11.3 Å². The maximum absolute atomic E-state index is 12.3. The van der Waals surface area contributed by atoms with Gasteiger partial charge in [-0.1, -0.05) is 11.3 Å². The fourth-order valence-corrected chi connectivity index (χ4v) is 2.09. The van der Waals surface area contributed by atoms with Crippen molar-refractivity contribution in [2.45, 2.75) is 39.5 Å². The highest BCUT2D eigenvalue weighted by Crippen LogP contribution is 2.30. The van der Waals surface area contributed by atoms with Crippen molar-refractivity contribution in [3.05, 3.63) is 10.6 Å². The molecule has 1 heterocycles. The predicted octanol–water partition coefficient (Wildman–Crippen LogP) is 3.54. The summed E-state index contributed by atoms with van der Waals surface area (Å²) in [5, 5.41) is 2.07. The molecule has 1 aromatic rings. The van der Waals surface area contributed by atoms with Crippen molar-refractivity contribution < 1.29 is 27.5 Å². The number of ketones is 1. The summed E-state index contributed by atoms with van der Waals surface area (Å²) in [6.07, 6.45) is -5.82. The van der Waals surface area contributed by atoms with Crippen LogP contribution >= 0.6 is 11.3 Å². The van der Waals surface area contributed by atoms with E-state index in [1.807, 2.05) is 0 Å². The molecule has 1 rings (SSSR count). The van der Waals surface area contributed by atoms with Crippen molar-refractivity contribution in [1.82, 2.24) is 4.98 Å². The molecule has 9 heteroatoms. The van der Waals surface area contributed by atoms with Crippen LogP contribution in [-0.4, -0.2) is 28.6 Å². The predicted molar refractivity (Wildman–Crippen MR) is 67.1 cm³/mol. The van der Waals surface area contributed by atoms with Crippen LogP contribution in [0.15, 0.2) is 0 Å². The molecular weight excluding hydrogens is 297 g/mol. The van der Waals surface area contributed by atoms with E-state index in [0.717, 1.165) is 0 Å². The van der Waals surface area contributed by atoms with E-state index in [1.165, 1.54) is 6.92 Å². The van der Waals surface area contributed by atoms with E-state index in [9.17, 15) is 22.8 Å². The zero-order valence-electron chi connectivity index (χ0n) is 11.2. The Morgan fingerprint density at radius 1 is 1.25 bits per heavy atom. The molecule has 0 saturated carbocycles. The zero-order valence-corrected chi connectivity index (χ0v) is 12.0. The quantitative estimate of drug-likeness (QED) is 0.848. The molecule has 0 aliphatic rings. The number of thiazole rings is 1. The van der Waals surface area contributed by atoms with Crippen molar-refractivity contribution in [3.8, 4) is 0 Å². The first kappa shape index (κ1) is 16.4. The number of rotatable bonds is 2. The number of aromatic nitrogens is 1. The summed E-state index contributed by atoms with van der Waals surface area (Å²) >= 11 is 0.456. The number of nitrogens with zero attached hydrogens (tertiary/aromatic N) is 1. The van der Waals surface area contributed by atoms with Gasteiger partial charge in [-0.2, -0.15) is 13.2 Å². The van der Waals surface area contributed by atoms with Gasteiger partial charge in [0.2, 0.25) is 0 Å². The van der Waals surface area contributed by atoms with Crippen molar-refractivity contribution in [2.75, 3.05) is 5.32 Å². The average Bonchev–Trinajstić information content (AvgIpc) is 2.53. The molecule has 1 amide bonds. The number of nitrogens with one attached hydrogen (secondary N) is 1. The highest BCUT2D eigenvalue weighted by molar-refractivity contribution is 7.17. The first-order valence-corrected chi connectivity index (χ1v) is 6.31. The Kier molecular flexibility index (Phi) is 4.42. The van der Waals surface area contributed by atoms with Gasteiger partial charge in [-0.3, -0.25) is 10.1 Å². The molecule has 0 atom stereocenters. The first-order valence-electron chi connectivity index (χ1n) is 5.49. The topological polar surface area (TPSA) is 68.3 Å². The minimum Gasteiger partial charge on any atom is -0.444 e. The average molecular weight is 310 g/mol. The van der Waals surface area contributed by atoms with Crippen LogP contribution in [0.1, 0.15) is 36.1 Å². The van der Waals surface area contributed by atoms with Crippen LogP contribution in [0.2, 0.25) is 0 Å². The molecule has 0 radical (unpaired) electrons. The maximum atomic E-state index is 12.3. The van der Waals surface area contributed by atoms with E-state index in [-0.39, 0.29) is 10.8 Å². The molecule has 0 aliphatic heterocycles. The van der Waals surface area contributed by atoms with Crippen molar-refractivity contribution >= 4 is 28.3 Å². The highest BCUT2D eigenvalue weighted by Gasteiger charge is 2.41. The number of halogens is 3. The number of carbonyl (C=O) groups excluding carboxylic acids is 2. The molecule has 0 bridgehead atoms. The Labute approximate surface area is 117 Å². The fourth-order valence-electron chi connectivity index (χ4n) is 1.18. The summed E-state index contributed by atoms with van der Waals surface area (Å²) in [5.74, 6) is -1.98. The second-order valence-corrected chi connectivity index (χ2v) is 5.89. The minimum atomic E-state index is -4.97. The summed E-state index contributed by atoms with van der Waals surface area (Å²) in [4.78, 5) is 25.7. The third kappa shape index (κ3) is 4.48. The maximum Gasteiger partial charge on any atom is 0.455 e. The molecule has 0 aliphatic carbocycles. The number of alkyl halides is 3. The number of hydrogen-bond donors (Lipinski definition) is 1. The van der Waals surface area contributed by atoms with E-state index >= 15 is 0 Å². The smallest absolute Gasteiger partial charge is 0.444 e. The van der Waals surface area contributed by atoms with Gasteiger partial charge in [0.1, 0.15) is 10.5 Å². The van der Waals surface area contributed by atoms with Gasteiger partial charge in [-0.05, 0) is 27.7 Å². The van der Waals surface area contributed by atoms with E-state index < -0.39 is 28.5 Å². The second kappa shape index (κ2) is 5.39. The highest BCUT2D eigenvalue weighted by atomic mass is 32.1. The summed E-state index contributed by atoms with van der Waals surface area (Å²) in [5.41, 5.74) is -0.843. The van der Waals surface area contributed by atoms with Crippen LogP contribution in [0.3, 0.4) is 0 Å². The third-order valence-electron chi connectivity index (χ3n) is 1.87.